The van der Waals surface area contributed by atoms with Gasteiger partial charge in [0.25, 0.3) is 0 Å². The molecular weight excluding hydrogens is 219 g/mol. The third-order valence-corrected chi connectivity index (χ3v) is 2.97. The highest BCUT2D eigenvalue weighted by atomic mass is 19.1. The minimum Gasteiger partial charge on any atom is -0.346 e. The second-order valence-corrected chi connectivity index (χ2v) is 4.17. The number of fused-ring (bicyclic) bond motifs is 1. The number of rotatable bonds is 3. The van der Waals surface area contributed by atoms with Crippen LogP contribution in [0.15, 0.2) is 30.6 Å². The first-order chi connectivity index (χ1) is 8.08. The van der Waals surface area contributed by atoms with Crippen molar-refractivity contribution in [3.63, 3.8) is 0 Å². The third-order valence-electron chi connectivity index (χ3n) is 2.97. The van der Waals surface area contributed by atoms with E-state index in [4.69, 9.17) is 0 Å². The molecule has 0 bridgehead atoms. The van der Waals surface area contributed by atoms with Crippen molar-refractivity contribution in [1.29, 1.82) is 0 Å². The van der Waals surface area contributed by atoms with Crippen LogP contribution < -0.4 is 0 Å². The lowest BCUT2D eigenvalue weighted by molar-refractivity contribution is -0.127. The highest BCUT2D eigenvalue weighted by Crippen LogP contribution is 2.15. The Bertz CT molecular complexity index is 547. The van der Waals surface area contributed by atoms with Crippen LogP contribution in [-0.2, 0) is 11.2 Å². The summed E-state index contributed by atoms with van der Waals surface area (Å²) in [5.41, 5.74) is 1.92. The van der Waals surface area contributed by atoms with Crippen molar-refractivity contribution < 1.29 is 9.18 Å². The average Bonchev–Trinajstić information content (AvgIpc) is 2.68. The Labute approximate surface area is 99.5 Å². The number of aromatic nitrogens is 1. The molecule has 0 aliphatic rings. The predicted octanol–water partition coefficient (Wildman–Crippen LogP) is 2.10. The van der Waals surface area contributed by atoms with Gasteiger partial charge in [0.15, 0.2) is 0 Å². The number of hydrogen-bond acceptors (Lipinski definition) is 1. The predicted molar refractivity (Wildman–Crippen MR) is 64.4 cm³/mol. The smallest absolute Gasteiger partial charge is 0.219 e. The molecule has 0 aromatic carbocycles. The van der Waals surface area contributed by atoms with E-state index in [9.17, 15) is 9.18 Å². The number of hydrogen-bond donors (Lipinski definition) is 0. The summed E-state index contributed by atoms with van der Waals surface area (Å²) in [4.78, 5) is 12.7. The van der Waals surface area contributed by atoms with Gasteiger partial charge in [0.05, 0.1) is 5.52 Å². The molecule has 0 atom stereocenters. The van der Waals surface area contributed by atoms with E-state index in [0.29, 0.717) is 6.54 Å². The van der Waals surface area contributed by atoms with Gasteiger partial charge < -0.3 is 9.30 Å². The Morgan fingerprint density at radius 1 is 1.41 bits per heavy atom. The first kappa shape index (κ1) is 11.6. The van der Waals surface area contributed by atoms with Gasteiger partial charge in [0, 0.05) is 32.9 Å². The van der Waals surface area contributed by atoms with Gasteiger partial charge >= 0.3 is 0 Å². The lowest BCUT2D eigenvalue weighted by Crippen LogP contribution is -2.26. The number of nitrogens with zero attached hydrogens (tertiary/aromatic N) is 2. The van der Waals surface area contributed by atoms with Crippen molar-refractivity contribution in [2.45, 2.75) is 13.3 Å². The van der Waals surface area contributed by atoms with Gasteiger partial charge in [-0.05, 0) is 30.2 Å². The zero-order chi connectivity index (χ0) is 12.4. The van der Waals surface area contributed by atoms with Crippen LogP contribution >= 0.6 is 0 Å². The number of pyridine rings is 1. The van der Waals surface area contributed by atoms with Crippen molar-refractivity contribution in [2.24, 2.45) is 0 Å². The van der Waals surface area contributed by atoms with Crippen LogP contribution in [0.25, 0.3) is 5.52 Å². The topological polar surface area (TPSA) is 24.7 Å². The Kier molecular flexibility index (Phi) is 3.13. The zero-order valence-electron chi connectivity index (χ0n) is 9.98. The summed E-state index contributed by atoms with van der Waals surface area (Å²) in [6, 6.07) is 4.91. The van der Waals surface area contributed by atoms with E-state index in [2.05, 4.69) is 0 Å². The van der Waals surface area contributed by atoms with Gasteiger partial charge in [-0.25, -0.2) is 4.39 Å². The number of carbonyl (C=O) groups is 1. The van der Waals surface area contributed by atoms with E-state index in [1.54, 1.807) is 18.1 Å². The Morgan fingerprint density at radius 2 is 2.12 bits per heavy atom. The minimum absolute atomic E-state index is 0.0414. The molecule has 2 aromatic heterocycles. The van der Waals surface area contributed by atoms with E-state index >= 15 is 0 Å². The molecule has 0 spiro atoms. The Morgan fingerprint density at radius 3 is 2.82 bits per heavy atom. The van der Waals surface area contributed by atoms with Gasteiger partial charge in [-0.15, -0.1) is 0 Å². The monoisotopic (exact) mass is 234 g/mol. The fourth-order valence-corrected chi connectivity index (χ4v) is 1.79. The van der Waals surface area contributed by atoms with Crippen molar-refractivity contribution in [3.8, 4) is 0 Å². The van der Waals surface area contributed by atoms with Crippen molar-refractivity contribution >= 4 is 11.4 Å². The molecule has 0 N–H and O–H groups in total. The second kappa shape index (κ2) is 4.57. The summed E-state index contributed by atoms with van der Waals surface area (Å²) in [5.74, 6) is -0.197. The lowest BCUT2D eigenvalue weighted by atomic mass is 10.2. The largest absolute Gasteiger partial charge is 0.346 e. The molecule has 0 saturated heterocycles. The zero-order valence-corrected chi connectivity index (χ0v) is 9.98. The molecule has 4 heteroatoms. The summed E-state index contributed by atoms with van der Waals surface area (Å²) in [6.07, 6.45) is 4.33. The Balaban J connectivity index is 2.19. The normalized spacial score (nSPS) is 10.8. The highest BCUT2D eigenvalue weighted by Gasteiger charge is 2.06. The van der Waals surface area contributed by atoms with Gasteiger partial charge in [-0.3, -0.25) is 4.79 Å². The van der Waals surface area contributed by atoms with Gasteiger partial charge in [-0.1, -0.05) is 0 Å². The van der Waals surface area contributed by atoms with Crippen LogP contribution in [0, 0.1) is 5.82 Å². The molecule has 17 heavy (non-hydrogen) atoms. The molecule has 0 aliphatic heterocycles. The van der Waals surface area contributed by atoms with Crippen LogP contribution in [0.1, 0.15) is 12.5 Å². The second-order valence-electron chi connectivity index (χ2n) is 4.17. The molecular formula is C13H15FN2O. The minimum atomic E-state index is -0.239. The summed E-state index contributed by atoms with van der Waals surface area (Å²) in [6.45, 7) is 2.18. The summed E-state index contributed by atoms with van der Waals surface area (Å²) in [7, 11) is 1.77. The SMILES string of the molecule is CC(=O)N(C)CCc1ccn2ccc(F)cc12. The van der Waals surface area contributed by atoms with E-state index in [-0.39, 0.29) is 11.7 Å². The van der Waals surface area contributed by atoms with Gasteiger partial charge in [0.1, 0.15) is 5.82 Å². The molecule has 1 amide bonds. The molecule has 0 aliphatic carbocycles. The van der Waals surface area contributed by atoms with E-state index in [1.165, 1.54) is 19.1 Å². The summed E-state index contributed by atoms with van der Waals surface area (Å²) >= 11 is 0. The lowest BCUT2D eigenvalue weighted by Gasteiger charge is -2.13. The van der Waals surface area contributed by atoms with Crippen LogP contribution in [-0.4, -0.2) is 28.8 Å². The number of halogens is 1. The van der Waals surface area contributed by atoms with E-state index < -0.39 is 0 Å². The molecule has 0 saturated carbocycles. The first-order valence-corrected chi connectivity index (χ1v) is 5.55. The molecule has 2 rings (SSSR count). The molecule has 0 fully saturated rings. The Hall–Kier alpha value is -1.84. The average molecular weight is 234 g/mol. The maximum atomic E-state index is 13.1. The van der Waals surface area contributed by atoms with Crippen LogP contribution in [0.4, 0.5) is 4.39 Å². The van der Waals surface area contributed by atoms with Gasteiger partial charge in [-0.2, -0.15) is 0 Å². The van der Waals surface area contributed by atoms with Crippen LogP contribution in [0.2, 0.25) is 0 Å². The molecule has 2 heterocycles. The standard InChI is InChI=1S/C13H15FN2O/c1-10(17)15(2)6-3-11-4-7-16-8-5-12(14)9-13(11)16/h4-5,7-9H,3,6H2,1-2H3. The maximum absolute atomic E-state index is 13.1. The molecule has 3 nitrogen and oxygen atoms in total. The van der Waals surface area contributed by atoms with Gasteiger partial charge in [0.2, 0.25) is 5.91 Å². The number of amides is 1. The number of carbonyl (C=O) groups excluding carboxylic acids is 1. The van der Waals surface area contributed by atoms with Crippen molar-refractivity contribution in [3.05, 3.63) is 42.0 Å². The van der Waals surface area contributed by atoms with Crippen molar-refractivity contribution in [2.75, 3.05) is 13.6 Å². The first-order valence-electron chi connectivity index (χ1n) is 5.55. The molecule has 0 radical (unpaired) electrons. The van der Waals surface area contributed by atoms with E-state index in [1.807, 2.05) is 16.7 Å². The quantitative estimate of drug-likeness (QED) is 0.798. The van der Waals surface area contributed by atoms with Crippen LogP contribution in [0.3, 0.4) is 0 Å². The molecule has 2 aromatic rings. The van der Waals surface area contributed by atoms with Crippen LogP contribution in [0.5, 0.6) is 0 Å². The van der Waals surface area contributed by atoms with E-state index in [0.717, 1.165) is 17.5 Å². The third kappa shape index (κ3) is 2.46. The fourth-order valence-electron chi connectivity index (χ4n) is 1.79. The highest BCUT2D eigenvalue weighted by molar-refractivity contribution is 5.72. The summed E-state index contributed by atoms with van der Waals surface area (Å²) < 4.78 is 15.0. The fraction of sp³-hybridized carbons (Fsp3) is 0.308. The maximum Gasteiger partial charge on any atom is 0.219 e. The number of likely N-dealkylation sites (N-methyl/N-ethyl adjacent to an activating group) is 1. The van der Waals surface area contributed by atoms with Crippen molar-refractivity contribution in [1.82, 2.24) is 9.30 Å². The molecule has 90 valence electrons. The summed E-state index contributed by atoms with van der Waals surface area (Å²) in [5, 5.41) is 0. The molecule has 0 unspecified atom stereocenters.